The Kier molecular flexibility index (Phi) is 3.99. The minimum Gasteiger partial charge on any atom is -0.288 e. The van der Waals surface area contributed by atoms with Crippen molar-refractivity contribution in [3.63, 3.8) is 0 Å². The van der Waals surface area contributed by atoms with Crippen molar-refractivity contribution in [3.05, 3.63) is 34.6 Å². The normalized spacial score (nSPS) is 10.6. The van der Waals surface area contributed by atoms with Gasteiger partial charge in [0.15, 0.2) is 0 Å². The highest BCUT2D eigenvalue weighted by Gasteiger charge is 1.99. The number of halogens is 2. The molecule has 1 aromatic rings. The Bertz CT molecular complexity index is 338. The van der Waals surface area contributed by atoms with Gasteiger partial charge in [-0.2, -0.15) is 0 Å². The molecule has 1 nitrogen and oxygen atoms in total. The molecule has 0 amide bonds. The van der Waals surface area contributed by atoms with E-state index < -0.39 is 0 Å². The summed E-state index contributed by atoms with van der Waals surface area (Å²) in [5, 5.41) is 1.91. The molecule has 0 atom stereocenters. The first-order chi connectivity index (χ1) is 6.24. The molecule has 13 heavy (non-hydrogen) atoms. The average molecular weight is 216 g/mol. The van der Waals surface area contributed by atoms with Gasteiger partial charge in [-0.05, 0) is 23.8 Å². The summed E-state index contributed by atoms with van der Waals surface area (Å²) in [7, 11) is 0. The molecule has 1 aromatic carbocycles. The maximum atomic E-state index is 12.7. The highest BCUT2D eigenvalue weighted by atomic mass is 35.5. The van der Waals surface area contributed by atoms with Gasteiger partial charge in [-0.25, -0.2) is 4.39 Å². The molecule has 4 heteroatoms. The molecule has 0 unspecified atom stereocenters. The van der Waals surface area contributed by atoms with Crippen molar-refractivity contribution in [1.82, 2.24) is 0 Å². The maximum Gasteiger partial charge on any atom is 0.123 e. The summed E-state index contributed by atoms with van der Waals surface area (Å²) < 4.78 is 12.7. The lowest BCUT2D eigenvalue weighted by Gasteiger charge is -1.99. The second-order valence-electron chi connectivity index (χ2n) is 2.36. The first kappa shape index (κ1) is 10.3. The maximum absolute atomic E-state index is 12.7. The molecular formula is C9H7ClFNS. The SMILES string of the molecule is Fc1ccc(Cl)c(CN=CC=S)c1. The van der Waals surface area contributed by atoms with Gasteiger partial charge in [-0.3, -0.25) is 4.99 Å². The molecule has 0 aliphatic heterocycles. The Balaban J connectivity index is 2.81. The van der Waals surface area contributed by atoms with E-state index in [9.17, 15) is 4.39 Å². The van der Waals surface area contributed by atoms with Crippen LogP contribution < -0.4 is 0 Å². The predicted octanol–water partition coefficient (Wildman–Crippen LogP) is 3.05. The Morgan fingerprint density at radius 2 is 2.31 bits per heavy atom. The van der Waals surface area contributed by atoms with Crippen LogP contribution in [0.1, 0.15) is 5.56 Å². The van der Waals surface area contributed by atoms with E-state index in [1.807, 2.05) is 0 Å². The fraction of sp³-hybridized carbons (Fsp3) is 0.111. The fourth-order valence-corrected chi connectivity index (χ4v) is 1.12. The third-order valence-electron chi connectivity index (χ3n) is 1.44. The van der Waals surface area contributed by atoms with Gasteiger partial charge in [0.2, 0.25) is 0 Å². The van der Waals surface area contributed by atoms with E-state index in [2.05, 4.69) is 17.2 Å². The van der Waals surface area contributed by atoms with Gasteiger partial charge in [-0.1, -0.05) is 23.8 Å². The molecule has 68 valence electrons. The number of benzene rings is 1. The molecular weight excluding hydrogens is 209 g/mol. The topological polar surface area (TPSA) is 12.4 Å². The van der Waals surface area contributed by atoms with Crippen molar-refractivity contribution in [3.8, 4) is 0 Å². The number of thiocarbonyl (C=S) groups is 1. The van der Waals surface area contributed by atoms with Crippen molar-refractivity contribution in [2.75, 3.05) is 0 Å². The summed E-state index contributed by atoms with van der Waals surface area (Å²) in [5.41, 5.74) is 0.662. The summed E-state index contributed by atoms with van der Waals surface area (Å²) in [5.74, 6) is -0.308. The zero-order chi connectivity index (χ0) is 9.68. The summed E-state index contributed by atoms with van der Waals surface area (Å²) in [6, 6.07) is 4.19. The van der Waals surface area contributed by atoms with Crippen LogP contribution in [0.3, 0.4) is 0 Å². The van der Waals surface area contributed by atoms with E-state index in [4.69, 9.17) is 11.6 Å². The van der Waals surface area contributed by atoms with Crippen molar-refractivity contribution in [1.29, 1.82) is 0 Å². The van der Waals surface area contributed by atoms with Gasteiger partial charge in [0, 0.05) is 16.6 Å². The second-order valence-corrected chi connectivity index (χ2v) is 3.04. The third-order valence-corrected chi connectivity index (χ3v) is 1.93. The van der Waals surface area contributed by atoms with E-state index in [-0.39, 0.29) is 5.82 Å². The smallest absolute Gasteiger partial charge is 0.123 e. The second kappa shape index (κ2) is 5.04. The Morgan fingerprint density at radius 3 is 3.00 bits per heavy atom. The summed E-state index contributed by atoms with van der Waals surface area (Å²) in [6.07, 6.45) is 1.48. The first-order valence-electron chi connectivity index (χ1n) is 3.61. The van der Waals surface area contributed by atoms with Crippen LogP contribution in [0.25, 0.3) is 0 Å². The number of hydrogen-bond donors (Lipinski definition) is 0. The molecule has 0 saturated carbocycles. The summed E-state index contributed by atoms with van der Waals surface area (Å²) in [6.45, 7) is 0.351. The molecule has 0 heterocycles. The number of hydrogen-bond acceptors (Lipinski definition) is 2. The highest BCUT2D eigenvalue weighted by Crippen LogP contribution is 2.17. The largest absolute Gasteiger partial charge is 0.288 e. The number of aliphatic imine (C=N–C) groups is 1. The van der Waals surface area contributed by atoms with Gasteiger partial charge in [0.05, 0.1) is 6.54 Å². The van der Waals surface area contributed by atoms with Gasteiger partial charge in [0.25, 0.3) is 0 Å². The number of rotatable bonds is 3. The minimum atomic E-state index is -0.308. The number of nitrogens with zero attached hydrogens (tertiary/aromatic N) is 1. The van der Waals surface area contributed by atoms with Gasteiger partial charge < -0.3 is 0 Å². The van der Waals surface area contributed by atoms with Crippen LogP contribution in [0.5, 0.6) is 0 Å². The molecule has 0 N–H and O–H groups in total. The van der Waals surface area contributed by atoms with Crippen LogP contribution >= 0.6 is 23.8 Å². The third kappa shape index (κ3) is 3.20. The lowest BCUT2D eigenvalue weighted by atomic mass is 10.2. The van der Waals surface area contributed by atoms with Gasteiger partial charge in [-0.15, -0.1) is 0 Å². The van der Waals surface area contributed by atoms with Crippen LogP contribution in [0.4, 0.5) is 4.39 Å². The highest BCUT2D eigenvalue weighted by molar-refractivity contribution is 7.80. The average Bonchev–Trinajstić information content (AvgIpc) is 2.11. The summed E-state index contributed by atoms with van der Waals surface area (Å²) in [4.78, 5) is 3.93. The molecule has 0 bridgehead atoms. The van der Waals surface area contributed by atoms with Crippen molar-refractivity contribution in [2.24, 2.45) is 4.99 Å². The molecule has 0 aliphatic carbocycles. The quantitative estimate of drug-likeness (QED) is 0.558. The minimum absolute atomic E-state index is 0.308. The van der Waals surface area contributed by atoms with Crippen molar-refractivity contribution in [2.45, 2.75) is 6.54 Å². The Labute approximate surface area is 86.2 Å². The lowest BCUT2D eigenvalue weighted by Crippen LogP contribution is -1.86. The monoisotopic (exact) mass is 215 g/mol. The Hall–Kier alpha value is -0.800. The van der Waals surface area contributed by atoms with Crippen LogP contribution in [0.2, 0.25) is 5.02 Å². The van der Waals surface area contributed by atoms with Gasteiger partial charge in [0.1, 0.15) is 5.82 Å². The lowest BCUT2D eigenvalue weighted by molar-refractivity contribution is 0.625. The first-order valence-corrected chi connectivity index (χ1v) is 4.46. The van der Waals surface area contributed by atoms with Crippen LogP contribution in [0, 0.1) is 5.82 Å². The van der Waals surface area contributed by atoms with Gasteiger partial charge >= 0.3 is 0 Å². The molecule has 0 aliphatic rings. The summed E-state index contributed by atoms with van der Waals surface area (Å²) >= 11 is 10.3. The van der Waals surface area contributed by atoms with E-state index in [1.54, 1.807) is 0 Å². The van der Waals surface area contributed by atoms with E-state index in [0.717, 1.165) is 0 Å². The fourth-order valence-electron chi connectivity index (χ4n) is 0.859. The zero-order valence-corrected chi connectivity index (χ0v) is 8.28. The van der Waals surface area contributed by atoms with Crippen molar-refractivity contribution >= 4 is 35.4 Å². The molecule has 0 aromatic heterocycles. The zero-order valence-electron chi connectivity index (χ0n) is 6.71. The molecule has 0 spiro atoms. The molecule has 0 saturated heterocycles. The Morgan fingerprint density at radius 1 is 1.54 bits per heavy atom. The predicted molar refractivity (Wildman–Crippen MR) is 57.3 cm³/mol. The van der Waals surface area contributed by atoms with Crippen LogP contribution in [-0.2, 0) is 6.54 Å². The van der Waals surface area contributed by atoms with E-state index in [1.165, 1.54) is 29.8 Å². The van der Waals surface area contributed by atoms with E-state index in [0.29, 0.717) is 17.1 Å². The van der Waals surface area contributed by atoms with Crippen LogP contribution in [0.15, 0.2) is 23.2 Å². The standard InChI is InChI=1S/C9H7ClFNS/c10-9-2-1-8(11)5-7(9)6-12-3-4-13/h1-5H,6H2. The molecule has 0 radical (unpaired) electrons. The van der Waals surface area contributed by atoms with Crippen molar-refractivity contribution < 1.29 is 4.39 Å². The molecule has 1 rings (SSSR count). The van der Waals surface area contributed by atoms with E-state index >= 15 is 0 Å². The molecule has 0 fully saturated rings. The van der Waals surface area contributed by atoms with Crippen LogP contribution in [-0.4, -0.2) is 11.6 Å².